The van der Waals surface area contributed by atoms with Crippen molar-refractivity contribution in [2.45, 2.75) is 37.1 Å². The second kappa shape index (κ2) is 7.36. The summed E-state index contributed by atoms with van der Waals surface area (Å²) in [6, 6.07) is 9.06. The number of hydrogen-bond acceptors (Lipinski definition) is 4. The van der Waals surface area contributed by atoms with Crippen LogP contribution in [0, 0.1) is 5.82 Å². The maximum absolute atomic E-state index is 13.5. The van der Waals surface area contributed by atoms with E-state index in [4.69, 9.17) is 0 Å². The molecule has 1 aromatic heterocycles. The third-order valence-corrected chi connectivity index (χ3v) is 3.69. The molecule has 3 nitrogen and oxygen atoms in total. The first-order chi connectivity index (χ1) is 9.65. The van der Waals surface area contributed by atoms with Crippen molar-refractivity contribution in [1.82, 2.24) is 15.3 Å². The first kappa shape index (κ1) is 14.9. The summed E-state index contributed by atoms with van der Waals surface area (Å²) in [4.78, 5) is 9.33. The van der Waals surface area contributed by atoms with Crippen LogP contribution in [-0.2, 0) is 12.3 Å². The van der Waals surface area contributed by atoms with Gasteiger partial charge in [0.25, 0.3) is 0 Å². The molecule has 0 radical (unpaired) electrons. The molecule has 0 unspecified atom stereocenters. The molecule has 0 aliphatic carbocycles. The number of thioether (sulfide) groups is 1. The minimum Gasteiger partial charge on any atom is -0.309 e. The fraction of sp³-hybridized carbons (Fsp3) is 0.333. The molecule has 1 heterocycles. The maximum atomic E-state index is 13.5. The van der Waals surface area contributed by atoms with Crippen molar-refractivity contribution in [2.75, 3.05) is 0 Å². The Morgan fingerprint density at radius 1 is 1.25 bits per heavy atom. The minimum absolute atomic E-state index is 0.199. The zero-order chi connectivity index (χ0) is 14.4. The van der Waals surface area contributed by atoms with Crippen molar-refractivity contribution in [3.63, 3.8) is 0 Å². The lowest BCUT2D eigenvalue weighted by Crippen LogP contribution is -2.22. The highest BCUT2D eigenvalue weighted by Gasteiger charge is 2.05. The zero-order valence-corrected chi connectivity index (χ0v) is 12.5. The summed E-state index contributed by atoms with van der Waals surface area (Å²) in [7, 11) is 0. The van der Waals surface area contributed by atoms with Crippen LogP contribution in [0.3, 0.4) is 0 Å². The van der Waals surface area contributed by atoms with Gasteiger partial charge in [-0.25, -0.2) is 14.4 Å². The molecule has 0 atom stereocenters. The molecule has 0 aliphatic rings. The molecule has 106 valence electrons. The number of rotatable bonds is 6. The summed E-state index contributed by atoms with van der Waals surface area (Å²) in [5.74, 6) is 1.09. The zero-order valence-electron chi connectivity index (χ0n) is 11.6. The number of nitrogens with zero attached hydrogens (tertiary/aromatic N) is 2. The number of halogens is 1. The first-order valence-electron chi connectivity index (χ1n) is 6.56. The van der Waals surface area contributed by atoms with Crippen LogP contribution < -0.4 is 5.32 Å². The molecule has 0 saturated heterocycles. The molecule has 0 saturated carbocycles. The van der Waals surface area contributed by atoms with Crippen LogP contribution in [0.25, 0.3) is 0 Å². The third-order valence-electron chi connectivity index (χ3n) is 2.65. The molecule has 1 aromatic carbocycles. The summed E-state index contributed by atoms with van der Waals surface area (Å²) >= 11 is 1.41. The fourth-order valence-corrected chi connectivity index (χ4v) is 2.43. The van der Waals surface area contributed by atoms with Gasteiger partial charge in [0.05, 0.1) is 11.4 Å². The Morgan fingerprint density at radius 3 is 2.80 bits per heavy atom. The van der Waals surface area contributed by atoms with E-state index < -0.39 is 0 Å². The largest absolute Gasteiger partial charge is 0.309 e. The second-order valence-electron chi connectivity index (χ2n) is 4.72. The van der Waals surface area contributed by atoms with Crippen LogP contribution in [0.15, 0.2) is 41.4 Å². The van der Waals surface area contributed by atoms with E-state index in [9.17, 15) is 4.39 Å². The number of aromatic nitrogens is 2. The number of hydrogen-bond donors (Lipinski definition) is 1. The Bertz CT molecular complexity index is 560. The van der Waals surface area contributed by atoms with Gasteiger partial charge in [-0.1, -0.05) is 26.0 Å². The van der Waals surface area contributed by atoms with E-state index in [0.29, 0.717) is 16.7 Å². The molecule has 0 fully saturated rings. The van der Waals surface area contributed by atoms with Gasteiger partial charge < -0.3 is 5.32 Å². The fourth-order valence-electron chi connectivity index (χ4n) is 1.62. The number of benzene rings is 1. The van der Waals surface area contributed by atoms with Gasteiger partial charge in [0.2, 0.25) is 0 Å². The van der Waals surface area contributed by atoms with E-state index in [1.54, 1.807) is 18.3 Å². The van der Waals surface area contributed by atoms with E-state index >= 15 is 0 Å². The average molecular weight is 291 g/mol. The van der Waals surface area contributed by atoms with Gasteiger partial charge in [-0.3, -0.25) is 0 Å². The second-order valence-corrected chi connectivity index (χ2v) is 5.74. The van der Waals surface area contributed by atoms with Crippen molar-refractivity contribution in [2.24, 2.45) is 0 Å². The molecule has 1 N–H and O–H groups in total. The topological polar surface area (TPSA) is 37.8 Å². The number of nitrogens with one attached hydrogen (secondary N) is 1. The van der Waals surface area contributed by atoms with Crippen LogP contribution in [0.2, 0.25) is 0 Å². The smallest absolute Gasteiger partial charge is 0.138 e. The van der Waals surface area contributed by atoms with E-state index in [2.05, 4.69) is 29.1 Å². The predicted molar refractivity (Wildman–Crippen MR) is 80.0 cm³/mol. The lowest BCUT2D eigenvalue weighted by atomic mass is 10.3. The van der Waals surface area contributed by atoms with Crippen LogP contribution in [0.4, 0.5) is 4.39 Å². The summed E-state index contributed by atoms with van der Waals surface area (Å²) in [5, 5.41) is 3.31. The highest BCUT2D eigenvalue weighted by Crippen LogP contribution is 2.23. The Hall–Kier alpha value is -1.46. The SMILES string of the molecule is CC(C)NCc1ccnc(CSc2ccccc2F)n1. The van der Waals surface area contributed by atoms with Gasteiger partial charge in [0.1, 0.15) is 11.6 Å². The summed E-state index contributed by atoms with van der Waals surface area (Å²) in [5.41, 5.74) is 0.956. The standard InChI is InChI=1S/C15H18FN3S/c1-11(2)18-9-12-7-8-17-15(19-12)10-20-14-6-4-3-5-13(14)16/h3-8,11,18H,9-10H2,1-2H3. The average Bonchev–Trinajstić information content (AvgIpc) is 2.45. The molecule has 0 amide bonds. The summed E-state index contributed by atoms with van der Waals surface area (Å²) < 4.78 is 13.5. The lowest BCUT2D eigenvalue weighted by molar-refractivity contribution is 0.579. The van der Waals surface area contributed by atoms with Crippen LogP contribution in [-0.4, -0.2) is 16.0 Å². The quantitative estimate of drug-likeness (QED) is 0.828. The van der Waals surface area contributed by atoms with Gasteiger partial charge in [0.15, 0.2) is 0 Å². The van der Waals surface area contributed by atoms with Crippen molar-refractivity contribution in [3.8, 4) is 0 Å². The van der Waals surface area contributed by atoms with Gasteiger partial charge in [-0.05, 0) is 18.2 Å². The normalized spacial score (nSPS) is 11.0. The van der Waals surface area contributed by atoms with E-state index in [1.807, 2.05) is 12.1 Å². The Morgan fingerprint density at radius 2 is 2.05 bits per heavy atom. The van der Waals surface area contributed by atoms with Crippen LogP contribution in [0.5, 0.6) is 0 Å². The molecule has 2 aromatic rings. The van der Waals surface area contributed by atoms with E-state index in [1.165, 1.54) is 17.8 Å². The Balaban J connectivity index is 1.96. The van der Waals surface area contributed by atoms with E-state index in [-0.39, 0.29) is 5.82 Å². The molecule has 0 spiro atoms. The van der Waals surface area contributed by atoms with Crippen LogP contribution in [0.1, 0.15) is 25.4 Å². The molecule has 0 bridgehead atoms. The molecular weight excluding hydrogens is 273 g/mol. The highest BCUT2D eigenvalue weighted by molar-refractivity contribution is 7.98. The van der Waals surface area contributed by atoms with Crippen molar-refractivity contribution < 1.29 is 4.39 Å². The maximum Gasteiger partial charge on any atom is 0.138 e. The third kappa shape index (κ3) is 4.58. The van der Waals surface area contributed by atoms with Crippen molar-refractivity contribution in [1.29, 1.82) is 0 Å². The molecule has 5 heteroatoms. The first-order valence-corrected chi connectivity index (χ1v) is 7.55. The molecular formula is C15H18FN3S. The molecule has 20 heavy (non-hydrogen) atoms. The Kier molecular flexibility index (Phi) is 5.49. The summed E-state index contributed by atoms with van der Waals surface area (Å²) in [6.07, 6.45) is 1.75. The minimum atomic E-state index is -0.199. The summed E-state index contributed by atoms with van der Waals surface area (Å²) in [6.45, 7) is 4.91. The van der Waals surface area contributed by atoms with E-state index in [0.717, 1.165) is 18.1 Å². The monoisotopic (exact) mass is 291 g/mol. The van der Waals surface area contributed by atoms with Crippen LogP contribution >= 0.6 is 11.8 Å². The lowest BCUT2D eigenvalue weighted by Gasteiger charge is -2.08. The van der Waals surface area contributed by atoms with Gasteiger partial charge in [-0.15, -0.1) is 11.8 Å². The molecule has 0 aliphatic heterocycles. The molecule has 2 rings (SSSR count). The predicted octanol–water partition coefficient (Wildman–Crippen LogP) is 3.41. The van der Waals surface area contributed by atoms with Gasteiger partial charge in [-0.2, -0.15) is 0 Å². The van der Waals surface area contributed by atoms with Gasteiger partial charge >= 0.3 is 0 Å². The van der Waals surface area contributed by atoms with Crippen molar-refractivity contribution >= 4 is 11.8 Å². The Labute approximate surface area is 123 Å². The highest BCUT2D eigenvalue weighted by atomic mass is 32.2. The van der Waals surface area contributed by atoms with Crippen molar-refractivity contribution in [3.05, 3.63) is 53.9 Å². The van der Waals surface area contributed by atoms with Gasteiger partial charge in [0, 0.05) is 23.7 Å².